The van der Waals surface area contributed by atoms with Gasteiger partial charge in [-0.15, -0.1) is 0 Å². The second kappa shape index (κ2) is 4.83. The molecule has 18 heavy (non-hydrogen) atoms. The molecule has 5 heteroatoms. The van der Waals surface area contributed by atoms with Crippen molar-refractivity contribution in [1.82, 2.24) is 0 Å². The van der Waals surface area contributed by atoms with Crippen molar-refractivity contribution >= 4 is 5.84 Å². The maximum atomic E-state index is 13.5. The molecule has 0 spiro atoms. The van der Waals surface area contributed by atoms with E-state index in [1.807, 2.05) is 0 Å². The molecule has 0 amide bonds. The first-order chi connectivity index (χ1) is 8.58. The highest BCUT2D eigenvalue weighted by Gasteiger charge is 2.13. The molecule has 0 aliphatic carbocycles. The Hall–Kier alpha value is -2.43. The molecule has 0 heterocycles. The summed E-state index contributed by atoms with van der Waals surface area (Å²) in [5.74, 6) is -1.28. The number of nitrogens with two attached hydrogens (primary N) is 1. The summed E-state index contributed by atoms with van der Waals surface area (Å²) in [7, 11) is 0. The SMILES string of the molecule is N=C(N)c1c(F)cccc1Oc1cccc(F)c1. The number of nitrogen functional groups attached to an aromatic ring is 1. The molecule has 0 bridgehead atoms. The number of rotatable bonds is 3. The standard InChI is InChI=1S/C13H10F2N2O/c14-8-3-1-4-9(7-8)18-11-6-2-5-10(15)12(11)13(16)17/h1-7H,(H3,16,17). The van der Waals surface area contributed by atoms with Crippen LogP contribution in [0.25, 0.3) is 0 Å². The summed E-state index contributed by atoms with van der Waals surface area (Å²) in [5, 5.41) is 7.31. The van der Waals surface area contributed by atoms with Gasteiger partial charge >= 0.3 is 0 Å². The van der Waals surface area contributed by atoms with Gasteiger partial charge in [-0.1, -0.05) is 12.1 Å². The van der Waals surface area contributed by atoms with E-state index in [2.05, 4.69) is 0 Å². The number of hydrogen-bond acceptors (Lipinski definition) is 2. The highest BCUT2D eigenvalue weighted by atomic mass is 19.1. The maximum absolute atomic E-state index is 13.5. The summed E-state index contributed by atoms with van der Waals surface area (Å²) in [6.07, 6.45) is 0. The summed E-state index contributed by atoms with van der Waals surface area (Å²) in [6.45, 7) is 0. The molecule has 0 aliphatic heterocycles. The van der Waals surface area contributed by atoms with Gasteiger partial charge in [0.1, 0.15) is 29.0 Å². The minimum atomic E-state index is -0.656. The van der Waals surface area contributed by atoms with Crippen LogP contribution in [0, 0.1) is 17.0 Å². The van der Waals surface area contributed by atoms with Gasteiger partial charge in [-0.25, -0.2) is 8.78 Å². The highest BCUT2D eigenvalue weighted by Crippen LogP contribution is 2.27. The lowest BCUT2D eigenvalue weighted by molar-refractivity contribution is 0.470. The van der Waals surface area contributed by atoms with Crippen LogP contribution in [-0.4, -0.2) is 5.84 Å². The fourth-order valence-electron chi connectivity index (χ4n) is 1.51. The van der Waals surface area contributed by atoms with Gasteiger partial charge in [0.05, 0.1) is 5.56 Å². The van der Waals surface area contributed by atoms with Crippen molar-refractivity contribution in [2.24, 2.45) is 5.73 Å². The third kappa shape index (κ3) is 2.45. The minimum Gasteiger partial charge on any atom is -0.456 e. The summed E-state index contributed by atoms with van der Waals surface area (Å²) >= 11 is 0. The Balaban J connectivity index is 2.40. The van der Waals surface area contributed by atoms with Gasteiger partial charge < -0.3 is 10.5 Å². The summed E-state index contributed by atoms with van der Waals surface area (Å²) in [5.41, 5.74) is 5.15. The number of hydrogen-bond donors (Lipinski definition) is 2. The summed E-state index contributed by atoms with van der Waals surface area (Å²) < 4.78 is 31.8. The van der Waals surface area contributed by atoms with E-state index < -0.39 is 17.5 Å². The molecule has 0 fully saturated rings. The van der Waals surface area contributed by atoms with Crippen LogP contribution >= 0.6 is 0 Å². The van der Waals surface area contributed by atoms with Crippen LogP contribution in [0.2, 0.25) is 0 Å². The minimum absolute atomic E-state index is 0.0769. The Labute approximate surface area is 102 Å². The molecule has 0 atom stereocenters. The van der Waals surface area contributed by atoms with E-state index >= 15 is 0 Å². The summed E-state index contributed by atoms with van der Waals surface area (Å²) in [4.78, 5) is 0. The third-order valence-electron chi connectivity index (χ3n) is 2.27. The molecular weight excluding hydrogens is 238 g/mol. The second-order valence-corrected chi connectivity index (χ2v) is 3.59. The van der Waals surface area contributed by atoms with Gasteiger partial charge in [-0.2, -0.15) is 0 Å². The molecule has 0 unspecified atom stereocenters. The predicted octanol–water partition coefficient (Wildman–Crippen LogP) is 3.04. The zero-order valence-corrected chi connectivity index (χ0v) is 9.28. The number of amidine groups is 1. The lowest BCUT2D eigenvalue weighted by Crippen LogP contribution is -2.14. The fraction of sp³-hybridized carbons (Fsp3) is 0. The molecule has 0 aliphatic rings. The molecule has 2 aromatic carbocycles. The lowest BCUT2D eigenvalue weighted by atomic mass is 10.1. The van der Waals surface area contributed by atoms with Crippen molar-refractivity contribution in [3.05, 3.63) is 59.7 Å². The van der Waals surface area contributed by atoms with Gasteiger partial charge in [0.15, 0.2) is 0 Å². The molecule has 3 nitrogen and oxygen atoms in total. The van der Waals surface area contributed by atoms with E-state index in [9.17, 15) is 8.78 Å². The molecule has 0 radical (unpaired) electrons. The molecular formula is C13H10F2N2O. The van der Waals surface area contributed by atoms with Crippen molar-refractivity contribution in [2.45, 2.75) is 0 Å². The molecule has 0 aromatic heterocycles. The monoisotopic (exact) mass is 248 g/mol. The molecule has 0 saturated carbocycles. The first kappa shape index (κ1) is 12.0. The number of halogens is 2. The molecule has 3 N–H and O–H groups in total. The van der Waals surface area contributed by atoms with Crippen molar-refractivity contribution in [2.75, 3.05) is 0 Å². The number of ether oxygens (including phenoxy) is 1. The normalized spacial score (nSPS) is 10.1. The van der Waals surface area contributed by atoms with Crippen LogP contribution in [0.15, 0.2) is 42.5 Å². The Kier molecular flexibility index (Phi) is 3.23. The zero-order valence-electron chi connectivity index (χ0n) is 9.28. The van der Waals surface area contributed by atoms with Gasteiger partial charge in [-0.3, -0.25) is 5.41 Å². The van der Waals surface area contributed by atoms with Gasteiger partial charge in [0.25, 0.3) is 0 Å². The van der Waals surface area contributed by atoms with Gasteiger partial charge in [-0.05, 0) is 24.3 Å². The predicted molar refractivity (Wildman–Crippen MR) is 63.9 cm³/mol. The number of nitrogens with one attached hydrogen (secondary N) is 1. The van der Waals surface area contributed by atoms with E-state index in [0.29, 0.717) is 0 Å². The Morgan fingerprint density at radius 3 is 2.50 bits per heavy atom. The van der Waals surface area contributed by atoms with E-state index in [-0.39, 0.29) is 17.1 Å². The van der Waals surface area contributed by atoms with Crippen LogP contribution < -0.4 is 10.5 Å². The Bertz CT molecular complexity index is 599. The zero-order chi connectivity index (χ0) is 13.1. The lowest BCUT2D eigenvalue weighted by Gasteiger charge is -2.10. The van der Waals surface area contributed by atoms with Crippen LogP contribution in [-0.2, 0) is 0 Å². The highest BCUT2D eigenvalue weighted by molar-refractivity contribution is 5.98. The molecule has 0 saturated heterocycles. The van der Waals surface area contributed by atoms with E-state index in [1.54, 1.807) is 0 Å². The first-order valence-electron chi connectivity index (χ1n) is 5.14. The first-order valence-corrected chi connectivity index (χ1v) is 5.14. The van der Waals surface area contributed by atoms with Crippen LogP contribution in [0.1, 0.15) is 5.56 Å². The fourth-order valence-corrected chi connectivity index (χ4v) is 1.51. The maximum Gasteiger partial charge on any atom is 0.141 e. The van der Waals surface area contributed by atoms with E-state index in [1.165, 1.54) is 36.4 Å². The summed E-state index contributed by atoms with van der Waals surface area (Å²) in [6, 6.07) is 9.49. The smallest absolute Gasteiger partial charge is 0.141 e. The van der Waals surface area contributed by atoms with Gasteiger partial charge in [0.2, 0.25) is 0 Å². The number of benzene rings is 2. The third-order valence-corrected chi connectivity index (χ3v) is 2.27. The van der Waals surface area contributed by atoms with Crippen LogP contribution in [0.5, 0.6) is 11.5 Å². The molecule has 92 valence electrons. The van der Waals surface area contributed by atoms with Crippen LogP contribution in [0.3, 0.4) is 0 Å². The average molecular weight is 248 g/mol. The Morgan fingerprint density at radius 1 is 1.11 bits per heavy atom. The Morgan fingerprint density at radius 2 is 1.83 bits per heavy atom. The quantitative estimate of drug-likeness (QED) is 0.647. The van der Waals surface area contributed by atoms with Crippen molar-refractivity contribution in [3.63, 3.8) is 0 Å². The van der Waals surface area contributed by atoms with Crippen LogP contribution in [0.4, 0.5) is 8.78 Å². The second-order valence-electron chi connectivity index (χ2n) is 3.59. The van der Waals surface area contributed by atoms with Crippen molar-refractivity contribution in [3.8, 4) is 11.5 Å². The molecule has 2 rings (SSSR count). The van der Waals surface area contributed by atoms with Crippen molar-refractivity contribution < 1.29 is 13.5 Å². The van der Waals surface area contributed by atoms with E-state index in [0.717, 1.165) is 6.07 Å². The van der Waals surface area contributed by atoms with E-state index in [4.69, 9.17) is 15.9 Å². The topological polar surface area (TPSA) is 59.1 Å². The average Bonchev–Trinajstić information content (AvgIpc) is 2.28. The van der Waals surface area contributed by atoms with Gasteiger partial charge in [0, 0.05) is 6.07 Å². The molecule has 2 aromatic rings. The van der Waals surface area contributed by atoms with Crippen molar-refractivity contribution in [1.29, 1.82) is 5.41 Å². The largest absolute Gasteiger partial charge is 0.456 e.